The first-order valence-corrected chi connectivity index (χ1v) is 8.28. The van der Waals surface area contributed by atoms with Crippen LogP contribution in [0.15, 0.2) is 42.7 Å². The number of rotatable bonds is 4. The van der Waals surface area contributed by atoms with E-state index >= 15 is 0 Å². The molecular weight excluding hydrogens is 300 g/mol. The second-order valence-corrected chi connectivity index (χ2v) is 6.09. The molecule has 1 amide bonds. The van der Waals surface area contributed by atoms with Crippen molar-refractivity contribution >= 4 is 17.3 Å². The molecule has 2 N–H and O–H groups in total. The van der Waals surface area contributed by atoms with E-state index in [-0.39, 0.29) is 11.9 Å². The van der Waals surface area contributed by atoms with Crippen molar-refractivity contribution in [1.82, 2.24) is 10.3 Å². The zero-order chi connectivity index (χ0) is 16.8. The molecule has 1 saturated carbocycles. The molecule has 1 heterocycles. The van der Waals surface area contributed by atoms with Crippen molar-refractivity contribution in [2.45, 2.75) is 38.1 Å². The van der Waals surface area contributed by atoms with Crippen molar-refractivity contribution in [2.24, 2.45) is 0 Å². The van der Waals surface area contributed by atoms with Crippen LogP contribution in [0.2, 0.25) is 0 Å². The van der Waals surface area contributed by atoms with E-state index in [2.05, 4.69) is 21.7 Å². The summed E-state index contributed by atoms with van der Waals surface area (Å²) >= 11 is 0. The average molecular weight is 320 g/mol. The molecule has 2 aromatic rings. The van der Waals surface area contributed by atoms with Crippen LogP contribution in [0.5, 0.6) is 0 Å². The van der Waals surface area contributed by atoms with Crippen molar-refractivity contribution in [3.63, 3.8) is 0 Å². The van der Waals surface area contributed by atoms with Gasteiger partial charge < -0.3 is 10.6 Å². The molecule has 1 aliphatic carbocycles. The molecule has 3 rings (SSSR count). The van der Waals surface area contributed by atoms with Gasteiger partial charge in [-0.05, 0) is 37.1 Å². The summed E-state index contributed by atoms with van der Waals surface area (Å²) in [6.07, 6.45) is 8.97. The maximum absolute atomic E-state index is 12.4. The number of anilines is 2. The van der Waals surface area contributed by atoms with Gasteiger partial charge in [0.15, 0.2) is 0 Å². The quantitative estimate of drug-likeness (QED) is 0.899. The number of nitrogens with one attached hydrogen (secondary N) is 2. The Hall–Kier alpha value is -2.87. The summed E-state index contributed by atoms with van der Waals surface area (Å²) in [6.45, 7) is 0. The molecule has 1 aromatic heterocycles. The van der Waals surface area contributed by atoms with Crippen LogP contribution in [0.3, 0.4) is 0 Å². The fourth-order valence-electron chi connectivity index (χ4n) is 2.98. The van der Waals surface area contributed by atoms with Crippen LogP contribution in [0, 0.1) is 11.3 Å². The third-order valence-corrected chi connectivity index (χ3v) is 4.22. The first kappa shape index (κ1) is 16.0. The highest BCUT2D eigenvalue weighted by atomic mass is 16.1. The molecule has 0 atom stereocenters. The second kappa shape index (κ2) is 7.60. The van der Waals surface area contributed by atoms with E-state index < -0.39 is 0 Å². The van der Waals surface area contributed by atoms with E-state index in [1.165, 1.54) is 19.3 Å². The Morgan fingerprint density at radius 3 is 2.75 bits per heavy atom. The third-order valence-electron chi connectivity index (χ3n) is 4.22. The summed E-state index contributed by atoms with van der Waals surface area (Å²) in [5.41, 5.74) is 2.64. The topological polar surface area (TPSA) is 77.8 Å². The van der Waals surface area contributed by atoms with Gasteiger partial charge in [0.1, 0.15) is 0 Å². The van der Waals surface area contributed by atoms with Crippen LogP contribution in [-0.4, -0.2) is 16.9 Å². The van der Waals surface area contributed by atoms with Crippen molar-refractivity contribution in [3.8, 4) is 6.07 Å². The highest BCUT2D eigenvalue weighted by molar-refractivity contribution is 5.95. The monoisotopic (exact) mass is 320 g/mol. The number of pyridine rings is 1. The highest BCUT2D eigenvalue weighted by Crippen LogP contribution is 2.20. The highest BCUT2D eigenvalue weighted by Gasteiger charge is 2.17. The number of nitrogens with zero attached hydrogens (tertiary/aromatic N) is 2. The van der Waals surface area contributed by atoms with Gasteiger partial charge in [-0.15, -0.1) is 0 Å². The number of aromatic nitrogens is 1. The molecule has 0 unspecified atom stereocenters. The maximum atomic E-state index is 12.4. The lowest BCUT2D eigenvalue weighted by Gasteiger charge is -2.22. The minimum absolute atomic E-state index is 0.0798. The van der Waals surface area contributed by atoms with Crippen molar-refractivity contribution in [1.29, 1.82) is 5.26 Å². The molecule has 1 aliphatic rings. The first-order chi connectivity index (χ1) is 11.7. The zero-order valence-corrected chi connectivity index (χ0v) is 13.5. The minimum Gasteiger partial charge on any atom is -0.354 e. The molecule has 0 radical (unpaired) electrons. The van der Waals surface area contributed by atoms with Gasteiger partial charge >= 0.3 is 0 Å². The summed E-state index contributed by atoms with van der Waals surface area (Å²) < 4.78 is 0. The summed E-state index contributed by atoms with van der Waals surface area (Å²) in [5, 5.41) is 15.2. The maximum Gasteiger partial charge on any atom is 0.253 e. The molecule has 5 nitrogen and oxygen atoms in total. The molecule has 0 aliphatic heterocycles. The van der Waals surface area contributed by atoms with Crippen LogP contribution in [0.1, 0.15) is 48.0 Å². The minimum atomic E-state index is -0.0798. The van der Waals surface area contributed by atoms with Gasteiger partial charge in [0, 0.05) is 17.9 Å². The van der Waals surface area contributed by atoms with Crippen molar-refractivity contribution < 1.29 is 4.79 Å². The first-order valence-electron chi connectivity index (χ1n) is 8.28. The molecule has 5 heteroatoms. The van der Waals surface area contributed by atoms with Crippen LogP contribution < -0.4 is 10.6 Å². The van der Waals surface area contributed by atoms with Gasteiger partial charge in [0.25, 0.3) is 5.91 Å². The lowest BCUT2D eigenvalue weighted by atomic mass is 9.95. The lowest BCUT2D eigenvalue weighted by molar-refractivity contribution is 0.0927. The Bertz CT molecular complexity index is 760. The third kappa shape index (κ3) is 4.11. The Balaban J connectivity index is 1.69. The normalized spacial score (nSPS) is 14.6. The van der Waals surface area contributed by atoms with Crippen molar-refractivity contribution in [3.05, 3.63) is 53.9 Å². The summed E-state index contributed by atoms with van der Waals surface area (Å²) in [5.74, 6) is -0.0798. The Morgan fingerprint density at radius 1 is 1.12 bits per heavy atom. The fraction of sp³-hybridized carbons (Fsp3) is 0.316. The fourth-order valence-corrected chi connectivity index (χ4v) is 2.98. The molecule has 1 aromatic carbocycles. The number of amides is 1. The van der Waals surface area contributed by atoms with Crippen LogP contribution in [0.25, 0.3) is 0 Å². The number of carbonyl (C=O) groups excluding carboxylic acids is 1. The van der Waals surface area contributed by atoms with E-state index in [0.717, 1.165) is 24.2 Å². The van der Waals surface area contributed by atoms with Crippen LogP contribution in [0.4, 0.5) is 11.4 Å². The zero-order valence-electron chi connectivity index (χ0n) is 13.5. The summed E-state index contributed by atoms with van der Waals surface area (Å²) in [7, 11) is 0. The van der Waals surface area contributed by atoms with Gasteiger partial charge in [0.2, 0.25) is 0 Å². The Morgan fingerprint density at radius 2 is 1.96 bits per heavy atom. The van der Waals surface area contributed by atoms with Gasteiger partial charge in [-0.2, -0.15) is 5.26 Å². The van der Waals surface area contributed by atoms with Gasteiger partial charge in [-0.3, -0.25) is 9.78 Å². The second-order valence-electron chi connectivity index (χ2n) is 6.09. The standard InChI is InChI=1S/C19H20N4O/c20-11-14-5-4-8-17(9-14)22-18-10-15(12-21-13-18)19(24)23-16-6-2-1-3-7-16/h4-5,8-10,12-13,16,22H,1-3,6-7H2,(H,23,24). The number of hydrogen-bond donors (Lipinski definition) is 2. The van der Waals surface area contributed by atoms with Gasteiger partial charge in [-0.1, -0.05) is 25.3 Å². The number of benzene rings is 1. The Kier molecular flexibility index (Phi) is 5.07. The molecular formula is C19H20N4O. The Labute approximate surface area is 141 Å². The predicted molar refractivity (Wildman–Crippen MR) is 93.0 cm³/mol. The van der Waals surface area contributed by atoms with Gasteiger partial charge in [0.05, 0.1) is 29.1 Å². The largest absolute Gasteiger partial charge is 0.354 e. The van der Waals surface area contributed by atoms with E-state index in [0.29, 0.717) is 11.1 Å². The van der Waals surface area contributed by atoms with E-state index in [9.17, 15) is 4.79 Å². The van der Waals surface area contributed by atoms with Gasteiger partial charge in [-0.25, -0.2) is 0 Å². The number of nitriles is 1. The molecule has 0 bridgehead atoms. The SMILES string of the molecule is N#Cc1cccc(Nc2cncc(C(=O)NC3CCCCC3)c2)c1. The molecule has 1 fully saturated rings. The van der Waals surface area contributed by atoms with E-state index in [1.54, 1.807) is 30.6 Å². The smallest absolute Gasteiger partial charge is 0.253 e. The van der Waals surface area contributed by atoms with Crippen LogP contribution in [-0.2, 0) is 0 Å². The predicted octanol–water partition coefficient (Wildman–Crippen LogP) is 3.76. The lowest BCUT2D eigenvalue weighted by Crippen LogP contribution is -2.36. The van der Waals surface area contributed by atoms with E-state index in [4.69, 9.17) is 5.26 Å². The molecule has 0 spiro atoms. The average Bonchev–Trinajstić information content (AvgIpc) is 2.63. The molecule has 122 valence electrons. The number of hydrogen-bond acceptors (Lipinski definition) is 4. The van der Waals surface area contributed by atoms with Crippen LogP contribution >= 0.6 is 0 Å². The summed E-state index contributed by atoms with van der Waals surface area (Å²) in [6, 6.07) is 11.4. The van der Waals surface area contributed by atoms with Crippen molar-refractivity contribution in [2.75, 3.05) is 5.32 Å². The number of carbonyl (C=O) groups is 1. The molecule has 24 heavy (non-hydrogen) atoms. The van der Waals surface area contributed by atoms with E-state index in [1.807, 2.05) is 12.1 Å². The molecule has 0 saturated heterocycles. The summed E-state index contributed by atoms with van der Waals surface area (Å²) in [4.78, 5) is 16.5.